The van der Waals surface area contributed by atoms with Crippen molar-refractivity contribution in [3.63, 3.8) is 0 Å². The van der Waals surface area contributed by atoms with Crippen molar-refractivity contribution in [1.29, 1.82) is 0 Å². The minimum absolute atomic E-state index is 0.0379. The lowest BCUT2D eigenvalue weighted by molar-refractivity contribution is -0.137. The molecule has 0 spiro atoms. The average Bonchev–Trinajstić information content (AvgIpc) is 2.33. The van der Waals surface area contributed by atoms with E-state index in [-0.39, 0.29) is 21.7 Å². The third-order valence-corrected chi connectivity index (χ3v) is 2.81. The van der Waals surface area contributed by atoms with Crippen molar-refractivity contribution in [1.82, 2.24) is 9.97 Å². The molecule has 3 nitrogen and oxygen atoms in total. The molecule has 1 aromatic heterocycles. The number of alkyl halides is 3. The van der Waals surface area contributed by atoms with Gasteiger partial charge in [-0.25, -0.2) is 9.97 Å². The Labute approximate surface area is 116 Å². The van der Waals surface area contributed by atoms with Crippen molar-refractivity contribution in [2.75, 3.05) is 5.32 Å². The molecule has 0 saturated carbocycles. The zero-order valence-corrected chi connectivity index (χ0v) is 10.7. The predicted octanol–water partition coefficient (Wildman–Crippen LogP) is 4.55. The Bertz CT molecular complexity index is 602. The second-order valence-electron chi connectivity index (χ2n) is 3.51. The van der Waals surface area contributed by atoms with Gasteiger partial charge < -0.3 is 5.32 Å². The molecule has 19 heavy (non-hydrogen) atoms. The van der Waals surface area contributed by atoms with Gasteiger partial charge in [0.1, 0.15) is 0 Å². The van der Waals surface area contributed by atoms with E-state index in [1.54, 1.807) is 0 Å². The van der Waals surface area contributed by atoms with Gasteiger partial charge in [-0.3, -0.25) is 0 Å². The molecule has 0 bridgehead atoms. The van der Waals surface area contributed by atoms with Crippen LogP contribution in [0.3, 0.4) is 0 Å². The fraction of sp³-hybridized carbons (Fsp3) is 0.0909. The van der Waals surface area contributed by atoms with Gasteiger partial charge >= 0.3 is 6.18 Å². The van der Waals surface area contributed by atoms with Crippen molar-refractivity contribution in [3.05, 3.63) is 46.3 Å². The summed E-state index contributed by atoms with van der Waals surface area (Å²) in [7, 11) is 0. The van der Waals surface area contributed by atoms with Crippen molar-refractivity contribution < 1.29 is 13.2 Å². The Balaban J connectivity index is 2.38. The van der Waals surface area contributed by atoms with Crippen LogP contribution in [-0.4, -0.2) is 9.97 Å². The average molecular weight is 308 g/mol. The lowest BCUT2D eigenvalue weighted by Gasteiger charge is -2.12. The second-order valence-corrected chi connectivity index (χ2v) is 4.28. The summed E-state index contributed by atoms with van der Waals surface area (Å²) in [5.74, 6) is 0.130. The molecule has 0 radical (unpaired) electrons. The summed E-state index contributed by atoms with van der Waals surface area (Å²) in [6.45, 7) is 0. The number of anilines is 2. The number of hydrogen-bond acceptors (Lipinski definition) is 3. The minimum Gasteiger partial charge on any atom is -0.336 e. The molecule has 2 aromatic rings. The van der Waals surface area contributed by atoms with Crippen LogP contribution in [0.15, 0.2) is 30.6 Å². The summed E-state index contributed by atoms with van der Waals surface area (Å²) in [6.07, 6.45) is -1.73. The van der Waals surface area contributed by atoms with E-state index in [0.717, 1.165) is 18.2 Å². The fourth-order valence-electron chi connectivity index (χ4n) is 1.33. The predicted molar refractivity (Wildman–Crippen MR) is 66.8 cm³/mol. The third kappa shape index (κ3) is 3.27. The van der Waals surface area contributed by atoms with Gasteiger partial charge in [0.05, 0.1) is 16.3 Å². The van der Waals surface area contributed by atoms with Gasteiger partial charge in [0.15, 0.2) is 11.0 Å². The molecule has 1 heterocycles. The molecular weight excluding hydrogens is 302 g/mol. The zero-order chi connectivity index (χ0) is 14.0. The van der Waals surface area contributed by atoms with Gasteiger partial charge in [-0.05, 0) is 18.2 Å². The maximum Gasteiger partial charge on any atom is 0.416 e. The minimum atomic E-state index is -4.45. The van der Waals surface area contributed by atoms with E-state index in [0.29, 0.717) is 0 Å². The van der Waals surface area contributed by atoms with Crippen molar-refractivity contribution in [3.8, 4) is 0 Å². The first kappa shape index (κ1) is 13.9. The van der Waals surface area contributed by atoms with E-state index in [9.17, 15) is 13.2 Å². The Morgan fingerprint density at radius 1 is 1.05 bits per heavy atom. The number of rotatable bonds is 2. The quantitative estimate of drug-likeness (QED) is 0.884. The molecule has 0 fully saturated rings. The first-order chi connectivity index (χ1) is 8.88. The highest BCUT2D eigenvalue weighted by molar-refractivity contribution is 6.34. The van der Waals surface area contributed by atoms with Crippen LogP contribution >= 0.6 is 23.2 Å². The van der Waals surface area contributed by atoms with Crippen LogP contribution in [0.4, 0.5) is 24.7 Å². The largest absolute Gasteiger partial charge is 0.416 e. The maximum absolute atomic E-state index is 12.6. The molecule has 100 valence electrons. The molecule has 1 aromatic carbocycles. The lowest BCUT2D eigenvalue weighted by Crippen LogP contribution is -2.06. The SMILES string of the molecule is FC(F)(F)c1ccc(Cl)c(Nc2nccnc2Cl)c1. The molecule has 0 aliphatic heterocycles. The first-order valence-corrected chi connectivity index (χ1v) is 5.74. The number of aromatic nitrogens is 2. The van der Waals surface area contributed by atoms with E-state index < -0.39 is 11.7 Å². The van der Waals surface area contributed by atoms with Gasteiger partial charge in [0.2, 0.25) is 0 Å². The molecular formula is C11H6Cl2F3N3. The van der Waals surface area contributed by atoms with E-state index in [4.69, 9.17) is 23.2 Å². The molecule has 0 unspecified atom stereocenters. The summed E-state index contributed by atoms with van der Waals surface area (Å²) in [6, 6.07) is 2.93. The van der Waals surface area contributed by atoms with Crippen LogP contribution in [0.5, 0.6) is 0 Å². The third-order valence-electron chi connectivity index (χ3n) is 2.20. The monoisotopic (exact) mass is 307 g/mol. The van der Waals surface area contributed by atoms with Crippen LogP contribution in [0.2, 0.25) is 10.2 Å². The first-order valence-electron chi connectivity index (χ1n) is 4.98. The Kier molecular flexibility index (Phi) is 3.82. The van der Waals surface area contributed by atoms with Gasteiger partial charge in [0, 0.05) is 12.4 Å². The normalized spacial score (nSPS) is 11.4. The number of halogens is 5. The molecule has 0 saturated heterocycles. The lowest BCUT2D eigenvalue weighted by atomic mass is 10.2. The molecule has 8 heteroatoms. The highest BCUT2D eigenvalue weighted by atomic mass is 35.5. The molecule has 2 rings (SSSR count). The maximum atomic E-state index is 12.6. The van der Waals surface area contributed by atoms with Crippen LogP contribution in [0.1, 0.15) is 5.56 Å². The topological polar surface area (TPSA) is 37.8 Å². The van der Waals surface area contributed by atoms with Gasteiger partial charge in [0.25, 0.3) is 0 Å². The van der Waals surface area contributed by atoms with Crippen molar-refractivity contribution >= 4 is 34.7 Å². The van der Waals surface area contributed by atoms with Crippen molar-refractivity contribution in [2.45, 2.75) is 6.18 Å². The van der Waals surface area contributed by atoms with Crippen LogP contribution in [-0.2, 0) is 6.18 Å². The Morgan fingerprint density at radius 3 is 2.37 bits per heavy atom. The fourth-order valence-corrected chi connectivity index (χ4v) is 1.65. The Morgan fingerprint density at radius 2 is 1.74 bits per heavy atom. The number of benzene rings is 1. The number of nitrogens with one attached hydrogen (secondary N) is 1. The summed E-state index contributed by atoms with van der Waals surface area (Å²) in [4.78, 5) is 7.61. The number of hydrogen-bond donors (Lipinski definition) is 1. The van der Waals surface area contributed by atoms with Gasteiger partial charge in [-0.2, -0.15) is 13.2 Å². The smallest absolute Gasteiger partial charge is 0.336 e. The second kappa shape index (κ2) is 5.22. The van der Waals surface area contributed by atoms with E-state index in [1.807, 2.05) is 0 Å². The molecule has 0 aliphatic carbocycles. The molecule has 0 amide bonds. The highest BCUT2D eigenvalue weighted by Gasteiger charge is 2.31. The van der Waals surface area contributed by atoms with Crippen molar-refractivity contribution in [2.24, 2.45) is 0 Å². The summed E-state index contributed by atoms with van der Waals surface area (Å²) >= 11 is 11.6. The van der Waals surface area contributed by atoms with E-state index in [1.165, 1.54) is 12.4 Å². The molecule has 1 N–H and O–H groups in total. The Hall–Kier alpha value is -1.53. The summed E-state index contributed by atoms with van der Waals surface area (Å²) in [5, 5.41) is 2.77. The zero-order valence-electron chi connectivity index (χ0n) is 9.17. The standard InChI is InChI=1S/C11H6Cl2F3N3/c12-7-2-1-6(11(14,15)16)5-8(7)19-10-9(13)17-3-4-18-10/h1-5H,(H,18,19). The summed E-state index contributed by atoms with van der Waals surface area (Å²) in [5.41, 5.74) is -0.765. The molecule has 0 aliphatic rings. The molecule has 0 atom stereocenters. The van der Waals surface area contributed by atoms with E-state index >= 15 is 0 Å². The highest BCUT2D eigenvalue weighted by Crippen LogP contribution is 2.35. The van der Waals surface area contributed by atoms with Gasteiger partial charge in [-0.1, -0.05) is 23.2 Å². The van der Waals surface area contributed by atoms with Crippen LogP contribution in [0, 0.1) is 0 Å². The van der Waals surface area contributed by atoms with E-state index in [2.05, 4.69) is 15.3 Å². The van der Waals surface area contributed by atoms with Crippen LogP contribution < -0.4 is 5.32 Å². The van der Waals surface area contributed by atoms with Gasteiger partial charge in [-0.15, -0.1) is 0 Å². The summed E-state index contributed by atoms with van der Waals surface area (Å²) < 4.78 is 37.8. The number of nitrogens with zero attached hydrogens (tertiary/aromatic N) is 2. The van der Waals surface area contributed by atoms with Crippen LogP contribution in [0.25, 0.3) is 0 Å².